The van der Waals surface area contributed by atoms with E-state index in [0.717, 1.165) is 5.52 Å². The van der Waals surface area contributed by atoms with Crippen molar-refractivity contribution in [2.75, 3.05) is 0 Å². The summed E-state index contributed by atoms with van der Waals surface area (Å²) in [5.74, 6) is -0.588. The Morgan fingerprint density at radius 2 is 1.85 bits per heavy atom. The number of aromatic amines is 1. The highest BCUT2D eigenvalue weighted by Crippen LogP contribution is 2.25. The zero-order valence-corrected chi connectivity index (χ0v) is 11.8. The first-order chi connectivity index (χ1) is 9.49. The summed E-state index contributed by atoms with van der Waals surface area (Å²) >= 11 is 5.29. The number of nitrogens with one attached hydrogen (secondary N) is 1. The lowest BCUT2D eigenvalue weighted by Crippen LogP contribution is -1.99. The molecule has 1 N–H and O–H groups in total. The first-order valence-electron chi connectivity index (χ1n) is 6.15. The number of H-pyrrole nitrogens is 1. The van der Waals surface area contributed by atoms with Crippen molar-refractivity contribution < 1.29 is 8.78 Å². The molecule has 0 spiro atoms. The maximum Gasteiger partial charge on any atom is 0.182 e. The quantitative estimate of drug-likeness (QED) is 0.650. The van der Waals surface area contributed by atoms with E-state index in [-0.39, 0.29) is 11.6 Å². The summed E-state index contributed by atoms with van der Waals surface area (Å²) in [4.78, 5) is 2.96. The average Bonchev–Trinajstić information content (AvgIpc) is 2.69. The van der Waals surface area contributed by atoms with Crippen LogP contribution in [0.5, 0.6) is 0 Å². The maximum absolute atomic E-state index is 13.7. The Labute approximate surface area is 119 Å². The third-order valence-electron chi connectivity index (χ3n) is 3.44. The van der Waals surface area contributed by atoms with E-state index < -0.39 is 0 Å². The summed E-state index contributed by atoms with van der Waals surface area (Å²) in [5.41, 5.74) is 3.03. The fourth-order valence-electron chi connectivity index (χ4n) is 2.31. The Morgan fingerprint density at radius 1 is 1.10 bits per heavy atom. The van der Waals surface area contributed by atoms with E-state index in [2.05, 4.69) is 4.98 Å². The molecule has 0 saturated carbocycles. The second-order valence-corrected chi connectivity index (χ2v) is 5.15. The molecule has 0 saturated heterocycles. The normalized spacial score (nSPS) is 11.2. The van der Waals surface area contributed by atoms with Gasteiger partial charge >= 0.3 is 0 Å². The van der Waals surface area contributed by atoms with Crippen LogP contribution in [0.2, 0.25) is 0 Å². The van der Waals surface area contributed by atoms with E-state index in [0.29, 0.717) is 27.1 Å². The molecule has 2 nitrogen and oxygen atoms in total. The van der Waals surface area contributed by atoms with Gasteiger partial charge in [0.25, 0.3) is 0 Å². The third-order valence-corrected chi connectivity index (χ3v) is 3.73. The summed E-state index contributed by atoms with van der Waals surface area (Å²) in [6, 6.07) is 7.95. The first-order valence-corrected chi connectivity index (χ1v) is 6.56. The van der Waals surface area contributed by atoms with Gasteiger partial charge in [0.2, 0.25) is 0 Å². The smallest absolute Gasteiger partial charge is 0.182 e. The highest BCUT2D eigenvalue weighted by molar-refractivity contribution is 7.71. The van der Waals surface area contributed by atoms with Gasteiger partial charge in [0.1, 0.15) is 11.6 Å². The minimum Gasteiger partial charge on any atom is -0.330 e. The number of fused-ring (bicyclic) bond motifs is 1. The summed E-state index contributed by atoms with van der Waals surface area (Å²) in [7, 11) is 0. The number of imidazole rings is 1. The Balaban J connectivity index is 2.42. The van der Waals surface area contributed by atoms with Crippen molar-refractivity contribution in [2.24, 2.45) is 0 Å². The number of nitrogens with zero attached hydrogens (tertiary/aromatic N) is 1. The van der Waals surface area contributed by atoms with Crippen LogP contribution in [-0.2, 0) is 0 Å². The van der Waals surface area contributed by atoms with Crippen LogP contribution < -0.4 is 0 Å². The zero-order chi connectivity index (χ0) is 14.4. The number of benzene rings is 2. The number of aromatic nitrogens is 2. The second-order valence-electron chi connectivity index (χ2n) is 4.77. The molecule has 0 aliphatic heterocycles. The van der Waals surface area contributed by atoms with Gasteiger partial charge in [0.15, 0.2) is 4.77 Å². The minimum atomic E-state index is -0.295. The van der Waals surface area contributed by atoms with Crippen molar-refractivity contribution in [1.29, 1.82) is 0 Å². The molecule has 3 rings (SSSR count). The summed E-state index contributed by atoms with van der Waals surface area (Å²) in [6.45, 7) is 3.38. The van der Waals surface area contributed by atoms with E-state index in [1.54, 1.807) is 36.6 Å². The maximum atomic E-state index is 13.7. The standard InChI is InChI=1S/C15H12F2N2S/c1-8-6-14-12(7-11(8)17)18-15(20)19(14)13-5-3-4-10(16)9(13)2/h3-7H,1-2H3,(H,18,20). The van der Waals surface area contributed by atoms with Crippen LogP contribution >= 0.6 is 12.2 Å². The molecule has 5 heteroatoms. The van der Waals surface area contributed by atoms with Gasteiger partial charge in [0.05, 0.1) is 16.7 Å². The van der Waals surface area contributed by atoms with Gasteiger partial charge in [-0.2, -0.15) is 0 Å². The van der Waals surface area contributed by atoms with Crippen LogP contribution in [0.3, 0.4) is 0 Å². The average molecular weight is 290 g/mol. The zero-order valence-electron chi connectivity index (χ0n) is 11.0. The number of aryl methyl sites for hydroxylation is 1. The van der Waals surface area contributed by atoms with E-state index >= 15 is 0 Å². The summed E-state index contributed by atoms with van der Waals surface area (Å²) in [5, 5.41) is 0. The molecule has 0 unspecified atom stereocenters. The lowest BCUT2D eigenvalue weighted by atomic mass is 10.1. The number of halogens is 2. The van der Waals surface area contributed by atoms with Gasteiger partial charge in [0, 0.05) is 5.56 Å². The molecule has 1 heterocycles. The highest BCUT2D eigenvalue weighted by atomic mass is 32.1. The third kappa shape index (κ3) is 1.86. The molecular weight excluding hydrogens is 278 g/mol. The Hall–Kier alpha value is -2.01. The molecular formula is C15H12F2N2S. The van der Waals surface area contributed by atoms with Crippen molar-refractivity contribution in [3.63, 3.8) is 0 Å². The van der Waals surface area contributed by atoms with E-state index in [1.165, 1.54) is 12.1 Å². The summed E-state index contributed by atoms with van der Waals surface area (Å²) < 4.78 is 29.5. The van der Waals surface area contributed by atoms with Gasteiger partial charge in [-0.15, -0.1) is 0 Å². The molecule has 0 aliphatic carbocycles. The molecule has 1 aromatic heterocycles. The molecule has 3 aromatic rings. The van der Waals surface area contributed by atoms with Gasteiger partial charge in [-0.3, -0.25) is 4.57 Å². The van der Waals surface area contributed by atoms with Gasteiger partial charge < -0.3 is 4.98 Å². The van der Waals surface area contributed by atoms with Crippen LogP contribution in [0, 0.1) is 30.3 Å². The number of hydrogen-bond acceptors (Lipinski definition) is 1. The van der Waals surface area contributed by atoms with Gasteiger partial charge in [-0.05, 0) is 55.9 Å². The fourth-order valence-corrected chi connectivity index (χ4v) is 2.62. The molecule has 102 valence electrons. The highest BCUT2D eigenvalue weighted by Gasteiger charge is 2.12. The van der Waals surface area contributed by atoms with E-state index in [1.807, 2.05) is 0 Å². The van der Waals surface area contributed by atoms with Crippen LogP contribution in [0.1, 0.15) is 11.1 Å². The molecule has 0 radical (unpaired) electrons. The predicted octanol–water partition coefficient (Wildman–Crippen LogP) is 4.58. The van der Waals surface area contributed by atoms with Crippen LogP contribution in [0.15, 0.2) is 30.3 Å². The predicted molar refractivity (Wildman–Crippen MR) is 77.8 cm³/mol. The van der Waals surface area contributed by atoms with Crippen molar-refractivity contribution in [2.45, 2.75) is 13.8 Å². The number of rotatable bonds is 1. The van der Waals surface area contributed by atoms with Crippen molar-refractivity contribution in [1.82, 2.24) is 9.55 Å². The van der Waals surface area contributed by atoms with E-state index in [4.69, 9.17) is 12.2 Å². The molecule has 20 heavy (non-hydrogen) atoms. The Kier molecular flexibility index (Phi) is 2.94. The Morgan fingerprint density at radius 3 is 2.60 bits per heavy atom. The molecule has 0 aliphatic rings. The van der Waals surface area contributed by atoms with Crippen LogP contribution in [0.4, 0.5) is 8.78 Å². The largest absolute Gasteiger partial charge is 0.330 e. The molecule has 0 amide bonds. The Bertz CT molecular complexity index is 877. The van der Waals surface area contributed by atoms with Crippen molar-refractivity contribution in [3.05, 3.63) is 57.9 Å². The van der Waals surface area contributed by atoms with E-state index in [9.17, 15) is 8.78 Å². The summed E-state index contributed by atoms with van der Waals surface area (Å²) in [6.07, 6.45) is 0. The molecule has 0 atom stereocenters. The molecule has 2 aromatic carbocycles. The lowest BCUT2D eigenvalue weighted by Gasteiger charge is -2.09. The fraction of sp³-hybridized carbons (Fsp3) is 0.133. The molecule has 0 fully saturated rings. The lowest BCUT2D eigenvalue weighted by molar-refractivity contribution is 0.616. The number of hydrogen-bond donors (Lipinski definition) is 1. The van der Waals surface area contributed by atoms with Crippen molar-refractivity contribution in [3.8, 4) is 5.69 Å². The monoisotopic (exact) mass is 290 g/mol. The van der Waals surface area contributed by atoms with Crippen molar-refractivity contribution >= 4 is 23.3 Å². The van der Waals surface area contributed by atoms with Gasteiger partial charge in [-0.25, -0.2) is 8.78 Å². The first kappa shape index (κ1) is 13.0. The minimum absolute atomic E-state index is 0.294. The topological polar surface area (TPSA) is 20.7 Å². The SMILES string of the molecule is Cc1cc2c(cc1F)[nH]c(=S)n2-c1cccc(F)c1C. The van der Waals surface area contributed by atoms with Crippen LogP contribution in [-0.4, -0.2) is 9.55 Å². The second kappa shape index (κ2) is 4.52. The van der Waals surface area contributed by atoms with Crippen LogP contribution in [0.25, 0.3) is 16.7 Å². The molecule has 0 bridgehead atoms. The van der Waals surface area contributed by atoms with Gasteiger partial charge in [-0.1, -0.05) is 6.07 Å².